The van der Waals surface area contributed by atoms with Crippen molar-refractivity contribution in [1.82, 2.24) is 14.5 Å². The average Bonchev–Trinajstić information content (AvgIpc) is 3.57. The molecule has 0 radical (unpaired) electrons. The smallest absolute Gasteiger partial charge is 0.472 e. The molecule has 0 saturated carbocycles. The number of hydrogen-bond donors (Lipinski definition) is 4. The number of ether oxygens (including phenoxy) is 5. The monoisotopic (exact) mass is 639 g/mol. The number of phosphoric acid groups is 1. The zero-order chi connectivity index (χ0) is 31.1. The average molecular weight is 640 g/mol. The molecule has 3 aromatic rings. The molecule has 1 aliphatic rings. The maximum Gasteiger partial charge on any atom is 0.472 e. The molecule has 1 aliphatic heterocycles. The molecule has 1 fully saturated rings. The van der Waals surface area contributed by atoms with E-state index in [0.29, 0.717) is 28.6 Å². The summed E-state index contributed by atoms with van der Waals surface area (Å²) in [6.07, 6.45) is 0.175. The SMILES string of the molecule is COc1cc(OC)c(CSCO[C@H]2[C@H](n3cc(C#CCN)c4c(=O)[nH]c(N)nc43)CO[C@@H]2COP(=O)(O)OC)c(OC)c1. The van der Waals surface area contributed by atoms with Gasteiger partial charge in [-0.15, -0.1) is 11.8 Å². The van der Waals surface area contributed by atoms with Crippen molar-refractivity contribution < 1.29 is 42.2 Å². The van der Waals surface area contributed by atoms with Crippen LogP contribution in [0.2, 0.25) is 0 Å². The predicted molar refractivity (Wildman–Crippen MR) is 159 cm³/mol. The van der Waals surface area contributed by atoms with Crippen LogP contribution in [0.1, 0.15) is 17.2 Å². The first-order chi connectivity index (χ1) is 20.7. The van der Waals surface area contributed by atoms with Gasteiger partial charge in [0.15, 0.2) is 5.65 Å². The van der Waals surface area contributed by atoms with Gasteiger partial charge < -0.3 is 44.6 Å². The van der Waals surface area contributed by atoms with Crippen LogP contribution in [0, 0.1) is 11.8 Å². The Morgan fingerprint density at radius 1 is 1.23 bits per heavy atom. The molecule has 234 valence electrons. The second-order valence-electron chi connectivity index (χ2n) is 9.10. The van der Waals surface area contributed by atoms with Gasteiger partial charge in [-0.05, 0) is 0 Å². The molecule has 6 N–H and O–H groups in total. The molecule has 1 saturated heterocycles. The van der Waals surface area contributed by atoms with Gasteiger partial charge in [0, 0.05) is 36.8 Å². The van der Waals surface area contributed by atoms with E-state index >= 15 is 0 Å². The summed E-state index contributed by atoms with van der Waals surface area (Å²) in [6.45, 7) is -0.108. The number of methoxy groups -OCH3 is 3. The fourth-order valence-electron chi connectivity index (χ4n) is 4.64. The summed E-state index contributed by atoms with van der Waals surface area (Å²) < 4.78 is 52.1. The maximum atomic E-state index is 12.8. The van der Waals surface area contributed by atoms with Gasteiger partial charge in [-0.1, -0.05) is 11.8 Å². The van der Waals surface area contributed by atoms with Crippen molar-refractivity contribution in [3.63, 3.8) is 0 Å². The van der Waals surface area contributed by atoms with Crippen molar-refractivity contribution >= 4 is 36.6 Å². The van der Waals surface area contributed by atoms with Crippen LogP contribution in [0.15, 0.2) is 23.1 Å². The summed E-state index contributed by atoms with van der Waals surface area (Å²) in [6, 6.07) is 2.99. The van der Waals surface area contributed by atoms with Crippen molar-refractivity contribution in [2.24, 2.45) is 5.73 Å². The number of nitrogen functional groups attached to an aromatic ring is 1. The number of hydrogen-bond acceptors (Lipinski definition) is 13. The summed E-state index contributed by atoms with van der Waals surface area (Å²) in [5, 5.41) is 0.237. The molecule has 17 heteroatoms. The van der Waals surface area contributed by atoms with Crippen LogP contribution < -0.4 is 31.2 Å². The molecule has 0 spiro atoms. The van der Waals surface area contributed by atoms with Crippen LogP contribution in [-0.4, -0.2) is 85.8 Å². The van der Waals surface area contributed by atoms with E-state index in [-0.39, 0.29) is 42.7 Å². The molecule has 0 bridgehead atoms. The summed E-state index contributed by atoms with van der Waals surface area (Å²) >= 11 is 1.43. The van der Waals surface area contributed by atoms with Crippen molar-refractivity contribution in [3.8, 4) is 29.1 Å². The first-order valence-electron chi connectivity index (χ1n) is 12.9. The van der Waals surface area contributed by atoms with E-state index in [1.807, 2.05) is 0 Å². The molecular weight excluding hydrogens is 605 g/mol. The van der Waals surface area contributed by atoms with Crippen LogP contribution >= 0.6 is 19.6 Å². The largest absolute Gasteiger partial charge is 0.496 e. The number of rotatable bonds is 13. The number of thioether (sulfide) groups is 1. The zero-order valence-electron chi connectivity index (χ0n) is 24.0. The fourth-order valence-corrected chi connectivity index (χ4v) is 5.90. The Morgan fingerprint density at radius 3 is 2.58 bits per heavy atom. The fraction of sp³-hybridized carbons (Fsp3) is 0.462. The number of benzene rings is 1. The Kier molecular flexibility index (Phi) is 11.0. The van der Waals surface area contributed by atoms with Crippen LogP contribution in [-0.2, 0) is 28.8 Å². The standard InChI is InChI=1S/C26H34N5O10PS/c1-35-16-8-19(36-2)17(20(9-16)37-3)13-43-14-40-23-18(11-39-21(23)12-41-42(33,34)38-4)31-10-15(6-5-7-27)22-24(31)29-26(28)30-25(22)32/h8-10,18,21,23H,7,11-14,27H2,1-4H3,(H,33,34)(H3,28,29,30,32)/t18-,21-,23+/m1/s1. The first-order valence-corrected chi connectivity index (χ1v) is 15.5. The summed E-state index contributed by atoms with van der Waals surface area (Å²) in [7, 11) is 1.45. The van der Waals surface area contributed by atoms with E-state index in [0.717, 1.165) is 12.7 Å². The van der Waals surface area contributed by atoms with Crippen LogP contribution in [0.5, 0.6) is 17.2 Å². The Labute approximate surface area is 251 Å². The molecule has 15 nitrogen and oxygen atoms in total. The van der Waals surface area contributed by atoms with Crippen LogP contribution in [0.4, 0.5) is 5.95 Å². The zero-order valence-corrected chi connectivity index (χ0v) is 25.7. The predicted octanol–water partition coefficient (Wildman–Crippen LogP) is 1.62. The molecule has 0 amide bonds. The van der Waals surface area contributed by atoms with Gasteiger partial charge >= 0.3 is 7.82 Å². The Hall–Kier alpha value is -3.26. The number of aromatic nitrogens is 3. The Bertz CT molecular complexity index is 1580. The molecule has 43 heavy (non-hydrogen) atoms. The number of anilines is 1. The second-order valence-corrected chi connectivity index (χ2v) is 11.6. The van der Waals surface area contributed by atoms with Gasteiger partial charge in [-0.3, -0.25) is 18.8 Å². The highest BCUT2D eigenvalue weighted by Gasteiger charge is 2.42. The number of H-pyrrole nitrogens is 1. The van der Waals surface area contributed by atoms with Crippen LogP contribution in [0.25, 0.3) is 11.0 Å². The quantitative estimate of drug-likeness (QED) is 0.0908. The third kappa shape index (κ3) is 7.46. The third-order valence-corrected chi connectivity index (χ3v) is 8.38. The van der Waals surface area contributed by atoms with Crippen molar-refractivity contribution in [2.75, 3.05) is 59.9 Å². The van der Waals surface area contributed by atoms with E-state index in [1.165, 1.54) is 11.8 Å². The Morgan fingerprint density at radius 2 is 1.95 bits per heavy atom. The number of nitrogens with zero attached hydrogens (tertiary/aromatic N) is 2. The normalized spacial score (nSPS) is 19.5. The van der Waals surface area contributed by atoms with Gasteiger partial charge in [-0.2, -0.15) is 4.98 Å². The molecule has 0 aliphatic carbocycles. The summed E-state index contributed by atoms with van der Waals surface area (Å²) in [5.41, 5.74) is 12.5. The lowest BCUT2D eigenvalue weighted by Gasteiger charge is -2.25. The van der Waals surface area contributed by atoms with E-state index in [1.54, 1.807) is 44.2 Å². The van der Waals surface area contributed by atoms with E-state index in [9.17, 15) is 14.3 Å². The minimum absolute atomic E-state index is 0.0780. The van der Waals surface area contributed by atoms with E-state index in [2.05, 4.69) is 26.3 Å². The van der Waals surface area contributed by atoms with E-state index in [4.69, 9.17) is 39.7 Å². The molecule has 2 aromatic heterocycles. The highest BCUT2D eigenvalue weighted by molar-refractivity contribution is 7.98. The number of aromatic amines is 1. The highest BCUT2D eigenvalue weighted by Crippen LogP contribution is 2.43. The van der Waals surface area contributed by atoms with Gasteiger partial charge in [0.1, 0.15) is 29.5 Å². The molecule has 4 atom stereocenters. The molecule has 1 aromatic carbocycles. The summed E-state index contributed by atoms with van der Waals surface area (Å²) in [4.78, 5) is 29.5. The molecule has 1 unspecified atom stereocenters. The van der Waals surface area contributed by atoms with Crippen LogP contribution in [0.3, 0.4) is 0 Å². The lowest BCUT2D eigenvalue weighted by molar-refractivity contribution is -0.0237. The van der Waals surface area contributed by atoms with Crippen molar-refractivity contribution in [1.29, 1.82) is 0 Å². The van der Waals surface area contributed by atoms with Crippen molar-refractivity contribution in [3.05, 3.63) is 39.8 Å². The number of phosphoric ester groups is 1. The minimum atomic E-state index is -4.29. The molecule has 4 rings (SSSR count). The number of nitrogens with one attached hydrogen (secondary N) is 1. The van der Waals surface area contributed by atoms with Gasteiger partial charge in [-0.25, -0.2) is 4.57 Å². The summed E-state index contributed by atoms with van der Waals surface area (Å²) in [5.74, 6) is 7.99. The van der Waals surface area contributed by atoms with E-state index < -0.39 is 31.6 Å². The van der Waals surface area contributed by atoms with Gasteiger partial charge in [0.25, 0.3) is 5.56 Å². The topological polar surface area (TPSA) is 205 Å². The highest BCUT2D eigenvalue weighted by atomic mass is 32.2. The van der Waals surface area contributed by atoms with Gasteiger partial charge in [0.05, 0.1) is 64.0 Å². The second kappa shape index (κ2) is 14.5. The van der Waals surface area contributed by atoms with Gasteiger partial charge in [0.2, 0.25) is 5.95 Å². The lowest BCUT2D eigenvalue weighted by atomic mass is 10.1. The first kappa shape index (κ1) is 32.6. The minimum Gasteiger partial charge on any atom is -0.496 e. The number of fused-ring (bicyclic) bond motifs is 1. The van der Waals surface area contributed by atoms with Crippen molar-refractivity contribution in [2.45, 2.75) is 24.0 Å². The maximum absolute atomic E-state index is 12.8. The molecule has 3 heterocycles. The third-order valence-electron chi connectivity index (χ3n) is 6.65. The molecular formula is C26H34N5O10PS. The number of nitrogens with two attached hydrogens (primary N) is 2. The lowest BCUT2D eigenvalue weighted by Crippen LogP contribution is -2.34. The Balaban J connectivity index is 1.62.